The minimum Gasteiger partial charge on any atom is -0.394 e. The summed E-state index contributed by atoms with van der Waals surface area (Å²) in [6.45, 7) is 1.61. The van der Waals surface area contributed by atoms with Crippen molar-refractivity contribution in [1.82, 2.24) is 14.5 Å². The Labute approximate surface area is 120 Å². The van der Waals surface area contributed by atoms with Crippen LogP contribution >= 0.6 is 0 Å². The van der Waals surface area contributed by atoms with Gasteiger partial charge in [0.2, 0.25) is 5.95 Å². The number of ether oxygens (including phenoxy) is 1. The summed E-state index contributed by atoms with van der Waals surface area (Å²) in [5.74, 6) is -0.159. The van der Waals surface area contributed by atoms with Crippen LogP contribution in [0.4, 0.5) is 5.95 Å². The molecular formula is C13H15N5O3. The first-order valence-electron chi connectivity index (χ1n) is 6.54. The van der Waals surface area contributed by atoms with Crippen molar-refractivity contribution in [3.05, 3.63) is 18.0 Å². The standard InChI is InChI=1S/C13H15N5O3/c1-6-9(5-19)21-12(10(6)20)18-4-7(2-14)8-3-16-13(15)17-11(8)18/h3-4,6,9-10,12,19-20H,5H2,1H3,(H2,15,16,17)/t6-,9-,10-,12-/m1/s1. The van der Waals surface area contributed by atoms with Gasteiger partial charge in [-0.2, -0.15) is 10.2 Å². The fraction of sp³-hybridized carbons (Fsp3) is 0.462. The number of anilines is 1. The summed E-state index contributed by atoms with van der Waals surface area (Å²) >= 11 is 0. The smallest absolute Gasteiger partial charge is 0.221 e. The first kappa shape index (κ1) is 13.8. The van der Waals surface area contributed by atoms with E-state index < -0.39 is 18.4 Å². The lowest BCUT2D eigenvalue weighted by Crippen LogP contribution is -2.25. The maximum Gasteiger partial charge on any atom is 0.221 e. The molecule has 110 valence electrons. The average molecular weight is 289 g/mol. The number of hydrogen-bond donors (Lipinski definition) is 3. The van der Waals surface area contributed by atoms with Crippen LogP contribution in [0.15, 0.2) is 12.4 Å². The van der Waals surface area contributed by atoms with Crippen molar-refractivity contribution in [2.24, 2.45) is 5.92 Å². The molecule has 1 aliphatic heterocycles. The molecule has 0 aliphatic carbocycles. The van der Waals surface area contributed by atoms with Gasteiger partial charge < -0.3 is 25.3 Å². The molecule has 1 saturated heterocycles. The molecule has 0 saturated carbocycles. The third kappa shape index (κ3) is 2.03. The van der Waals surface area contributed by atoms with Crippen LogP contribution in [0.3, 0.4) is 0 Å². The monoisotopic (exact) mass is 289 g/mol. The predicted molar refractivity (Wildman–Crippen MR) is 72.8 cm³/mol. The topological polar surface area (TPSA) is 130 Å². The molecular weight excluding hydrogens is 274 g/mol. The van der Waals surface area contributed by atoms with Gasteiger partial charge in [0.1, 0.15) is 17.8 Å². The van der Waals surface area contributed by atoms with E-state index in [4.69, 9.17) is 10.5 Å². The Morgan fingerprint density at radius 2 is 2.33 bits per heavy atom. The zero-order chi connectivity index (χ0) is 15.1. The number of fused-ring (bicyclic) bond motifs is 1. The lowest BCUT2D eigenvalue weighted by molar-refractivity contribution is -0.0489. The van der Waals surface area contributed by atoms with Gasteiger partial charge in [0.05, 0.1) is 23.7 Å². The number of nitrogens with two attached hydrogens (primary N) is 1. The highest BCUT2D eigenvalue weighted by atomic mass is 16.5. The van der Waals surface area contributed by atoms with E-state index in [1.54, 1.807) is 17.7 Å². The lowest BCUT2D eigenvalue weighted by Gasteiger charge is -2.17. The van der Waals surface area contributed by atoms with E-state index in [0.29, 0.717) is 16.6 Å². The van der Waals surface area contributed by atoms with E-state index in [0.717, 1.165) is 0 Å². The molecule has 0 bridgehead atoms. The van der Waals surface area contributed by atoms with Crippen molar-refractivity contribution in [3.8, 4) is 6.07 Å². The molecule has 1 aliphatic rings. The zero-order valence-electron chi connectivity index (χ0n) is 11.3. The van der Waals surface area contributed by atoms with Gasteiger partial charge in [0.25, 0.3) is 0 Å². The van der Waals surface area contributed by atoms with Gasteiger partial charge in [-0.3, -0.25) is 0 Å². The first-order chi connectivity index (χ1) is 10.1. The highest BCUT2D eigenvalue weighted by molar-refractivity contribution is 5.83. The van der Waals surface area contributed by atoms with Gasteiger partial charge in [0.15, 0.2) is 6.23 Å². The molecule has 0 unspecified atom stereocenters. The van der Waals surface area contributed by atoms with Crippen molar-refractivity contribution in [1.29, 1.82) is 5.26 Å². The highest BCUT2D eigenvalue weighted by Gasteiger charge is 2.42. The van der Waals surface area contributed by atoms with E-state index in [-0.39, 0.29) is 18.5 Å². The summed E-state index contributed by atoms with van der Waals surface area (Å²) in [5, 5.41) is 29.3. The normalized spacial score (nSPS) is 28.9. The number of nitriles is 1. The van der Waals surface area contributed by atoms with Gasteiger partial charge >= 0.3 is 0 Å². The van der Waals surface area contributed by atoms with Crippen LogP contribution < -0.4 is 5.73 Å². The van der Waals surface area contributed by atoms with Crippen LogP contribution in [0.5, 0.6) is 0 Å². The molecule has 2 aromatic rings. The number of aliphatic hydroxyl groups is 2. The number of aliphatic hydroxyl groups excluding tert-OH is 2. The number of aromatic nitrogens is 3. The van der Waals surface area contributed by atoms with Gasteiger partial charge in [-0.15, -0.1) is 0 Å². The zero-order valence-corrected chi connectivity index (χ0v) is 11.3. The number of hydrogen-bond acceptors (Lipinski definition) is 7. The summed E-state index contributed by atoms with van der Waals surface area (Å²) < 4.78 is 7.25. The minimum atomic E-state index is -0.819. The van der Waals surface area contributed by atoms with Crippen LogP contribution in [0.2, 0.25) is 0 Å². The summed E-state index contributed by atoms with van der Waals surface area (Å²) in [7, 11) is 0. The molecule has 0 aromatic carbocycles. The lowest BCUT2D eigenvalue weighted by atomic mass is 10.0. The summed E-state index contributed by atoms with van der Waals surface area (Å²) in [4.78, 5) is 8.00. The second kappa shape index (κ2) is 4.96. The Kier molecular flexibility index (Phi) is 3.25. The molecule has 8 nitrogen and oxygen atoms in total. The maximum atomic E-state index is 10.3. The van der Waals surface area contributed by atoms with Gasteiger partial charge in [-0.05, 0) is 0 Å². The molecule has 0 radical (unpaired) electrons. The van der Waals surface area contributed by atoms with Crippen LogP contribution in [-0.4, -0.2) is 43.6 Å². The Balaban J connectivity index is 2.13. The quantitative estimate of drug-likeness (QED) is 0.696. The SMILES string of the molecule is C[C@H]1[C@@H](O)[C@H](n2cc(C#N)c3cnc(N)nc32)O[C@@H]1CO. The molecule has 4 atom stereocenters. The third-order valence-electron chi connectivity index (χ3n) is 3.90. The molecule has 3 rings (SSSR count). The van der Waals surface area contributed by atoms with E-state index >= 15 is 0 Å². The molecule has 21 heavy (non-hydrogen) atoms. The second-order valence-corrected chi connectivity index (χ2v) is 5.12. The molecule has 3 heterocycles. The Morgan fingerprint density at radius 1 is 1.57 bits per heavy atom. The Hall–Kier alpha value is -2.21. The largest absolute Gasteiger partial charge is 0.394 e. The first-order valence-corrected chi connectivity index (χ1v) is 6.54. The number of rotatable bonds is 2. The molecule has 2 aromatic heterocycles. The van der Waals surface area contributed by atoms with Gasteiger partial charge in [0, 0.05) is 18.3 Å². The Morgan fingerprint density at radius 3 is 2.95 bits per heavy atom. The van der Waals surface area contributed by atoms with Crippen molar-refractivity contribution in [2.75, 3.05) is 12.3 Å². The van der Waals surface area contributed by atoms with E-state index in [1.807, 2.05) is 0 Å². The van der Waals surface area contributed by atoms with Crippen molar-refractivity contribution >= 4 is 17.0 Å². The third-order valence-corrected chi connectivity index (χ3v) is 3.90. The highest BCUT2D eigenvalue weighted by Crippen LogP contribution is 2.36. The van der Waals surface area contributed by atoms with Crippen molar-refractivity contribution < 1.29 is 14.9 Å². The van der Waals surface area contributed by atoms with Crippen molar-refractivity contribution in [2.45, 2.75) is 25.4 Å². The molecule has 8 heteroatoms. The number of nitrogen functional groups attached to an aromatic ring is 1. The molecule has 0 amide bonds. The average Bonchev–Trinajstić information content (AvgIpc) is 2.97. The van der Waals surface area contributed by atoms with Gasteiger partial charge in [-0.1, -0.05) is 6.92 Å². The molecule has 1 fully saturated rings. The Bertz CT molecular complexity index is 722. The van der Waals surface area contributed by atoms with Crippen molar-refractivity contribution in [3.63, 3.8) is 0 Å². The van der Waals surface area contributed by atoms with E-state index in [1.165, 1.54) is 6.20 Å². The minimum absolute atomic E-state index is 0.0746. The summed E-state index contributed by atoms with van der Waals surface area (Å²) in [5.41, 5.74) is 6.40. The van der Waals surface area contributed by atoms with Crippen LogP contribution in [0, 0.1) is 17.2 Å². The van der Waals surface area contributed by atoms with Crippen LogP contribution in [0.25, 0.3) is 11.0 Å². The molecule has 4 N–H and O–H groups in total. The number of nitrogens with zero attached hydrogens (tertiary/aromatic N) is 4. The van der Waals surface area contributed by atoms with Crippen LogP contribution in [-0.2, 0) is 4.74 Å². The van der Waals surface area contributed by atoms with E-state index in [9.17, 15) is 15.5 Å². The second-order valence-electron chi connectivity index (χ2n) is 5.12. The van der Waals surface area contributed by atoms with Crippen LogP contribution in [0.1, 0.15) is 18.7 Å². The summed E-state index contributed by atoms with van der Waals surface area (Å²) in [6.07, 6.45) is 1.02. The predicted octanol–water partition coefficient (Wildman–Crippen LogP) is -0.228. The van der Waals surface area contributed by atoms with E-state index in [2.05, 4.69) is 16.0 Å². The fourth-order valence-electron chi connectivity index (χ4n) is 2.63. The molecule has 0 spiro atoms. The summed E-state index contributed by atoms with van der Waals surface area (Å²) in [6, 6.07) is 2.06. The maximum absolute atomic E-state index is 10.3. The van der Waals surface area contributed by atoms with Gasteiger partial charge in [-0.25, -0.2) is 4.98 Å². The fourth-order valence-corrected chi connectivity index (χ4v) is 2.63.